The Kier molecular flexibility index (Phi) is 3.54. The van der Waals surface area contributed by atoms with Crippen LogP contribution in [0.25, 0.3) is 0 Å². The normalized spacial score (nSPS) is 11.3. The van der Waals surface area contributed by atoms with Gasteiger partial charge in [0, 0.05) is 0 Å². The number of benzene rings is 1. The van der Waals surface area contributed by atoms with Crippen molar-refractivity contribution in [3.63, 3.8) is 0 Å². The zero-order chi connectivity index (χ0) is 14.0. The monoisotopic (exact) mass is 299 g/mol. The van der Waals surface area contributed by atoms with Crippen LogP contribution in [0.1, 0.15) is 5.56 Å². The summed E-state index contributed by atoms with van der Waals surface area (Å²) in [5, 5.41) is 7.38. The first kappa shape index (κ1) is 13.5. The number of hydrogen-bond acceptors (Lipinski definition) is 6. The van der Waals surface area contributed by atoms with E-state index in [1.807, 2.05) is 0 Å². The fourth-order valence-electron chi connectivity index (χ4n) is 1.43. The van der Waals surface area contributed by atoms with E-state index in [1.54, 1.807) is 6.92 Å². The maximum atomic E-state index is 12.2. The van der Waals surface area contributed by atoms with Crippen molar-refractivity contribution in [1.82, 2.24) is 15.2 Å². The Morgan fingerprint density at radius 1 is 1.32 bits per heavy atom. The summed E-state index contributed by atoms with van der Waals surface area (Å²) in [6.07, 6.45) is 2.66. The van der Waals surface area contributed by atoms with E-state index >= 15 is 0 Å². The predicted octanol–water partition coefficient (Wildman–Crippen LogP) is 1.22. The number of aryl methyl sites for hydroxylation is 1. The van der Waals surface area contributed by atoms with E-state index in [-0.39, 0.29) is 16.5 Å². The fraction of sp³-hybridized carbons (Fsp3) is 0.100. The molecule has 0 saturated heterocycles. The van der Waals surface area contributed by atoms with Crippen LogP contribution in [0.2, 0.25) is 5.02 Å². The molecule has 1 aromatic heterocycles. The van der Waals surface area contributed by atoms with Gasteiger partial charge in [0.05, 0.1) is 28.0 Å². The molecule has 2 aromatic rings. The van der Waals surface area contributed by atoms with Crippen LogP contribution in [0.5, 0.6) is 0 Å². The van der Waals surface area contributed by atoms with E-state index in [1.165, 1.54) is 24.5 Å². The minimum absolute atomic E-state index is 0.0156. The number of sulfonamides is 1. The van der Waals surface area contributed by atoms with Gasteiger partial charge in [-0.15, -0.1) is 5.10 Å². The van der Waals surface area contributed by atoms with Crippen LogP contribution < -0.4 is 10.5 Å². The first-order valence-electron chi connectivity index (χ1n) is 5.12. The zero-order valence-electron chi connectivity index (χ0n) is 9.83. The highest BCUT2D eigenvalue weighted by atomic mass is 35.5. The first-order chi connectivity index (χ1) is 8.90. The number of nitrogens with zero attached hydrogens (tertiary/aromatic N) is 3. The van der Waals surface area contributed by atoms with Crippen molar-refractivity contribution in [3.8, 4) is 0 Å². The van der Waals surface area contributed by atoms with Gasteiger partial charge in [-0.3, -0.25) is 0 Å². The van der Waals surface area contributed by atoms with Crippen molar-refractivity contribution in [1.29, 1.82) is 0 Å². The van der Waals surface area contributed by atoms with Crippen LogP contribution in [0.15, 0.2) is 29.4 Å². The summed E-state index contributed by atoms with van der Waals surface area (Å²) in [6.45, 7) is 1.62. The summed E-state index contributed by atoms with van der Waals surface area (Å²) in [7, 11) is -3.84. The Morgan fingerprint density at radius 3 is 2.68 bits per heavy atom. The molecule has 0 fully saturated rings. The van der Waals surface area contributed by atoms with E-state index in [9.17, 15) is 8.42 Å². The molecule has 0 radical (unpaired) electrons. The number of anilines is 2. The number of nitrogen functional groups attached to an aromatic ring is 1. The first-order valence-corrected chi connectivity index (χ1v) is 6.98. The Morgan fingerprint density at radius 2 is 2.05 bits per heavy atom. The van der Waals surface area contributed by atoms with Crippen molar-refractivity contribution in [2.24, 2.45) is 0 Å². The molecule has 100 valence electrons. The van der Waals surface area contributed by atoms with Gasteiger partial charge in [0.15, 0.2) is 0 Å². The summed E-state index contributed by atoms with van der Waals surface area (Å²) in [6, 6.07) is 2.77. The third-order valence-electron chi connectivity index (χ3n) is 2.29. The Hall–Kier alpha value is -1.93. The summed E-state index contributed by atoms with van der Waals surface area (Å²) >= 11 is 5.82. The van der Waals surface area contributed by atoms with Crippen molar-refractivity contribution >= 4 is 33.3 Å². The van der Waals surface area contributed by atoms with Gasteiger partial charge in [0.1, 0.15) is 0 Å². The highest BCUT2D eigenvalue weighted by Crippen LogP contribution is 2.26. The summed E-state index contributed by atoms with van der Waals surface area (Å²) in [4.78, 5) is 3.75. The molecule has 0 unspecified atom stereocenters. The van der Waals surface area contributed by atoms with Gasteiger partial charge in [-0.05, 0) is 24.6 Å². The molecular formula is C10H10ClN5O2S. The smallest absolute Gasteiger partial charge is 0.264 e. The number of aromatic nitrogens is 3. The quantitative estimate of drug-likeness (QED) is 0.824. The lowest BCUT2D eigenvalue weighted by atomic mass is 10.2. The molecule has 3 N–H and O–H groups in total. The average molecular weight is 300 g/mol. The van der Waals surface area contributed by atoms with E-state index in [4.69, 9.17) is 17.3 Å². The van der Waals surface area contributed by atoms with E-state index in [0.29, 0.717) is 10.6 Å². The third-order valence-corrected chi connectivity index (χ3v) is 4.09. The standard InChI is InChI=1S/C10H10ClN5O2S/c1-6-4-7(11)8(12)5-9(6)19(17,18)16-10-13-2-3-14-15-10/h2-5H,12H2,1H3,(H,13,15,16). The molecular weight excluding hydrogens is 290 g/mol. The minimum atomic E-state index is -3.84. The van der Waals surface area contributed by atoms with E-state index in [2.05, 4.69) is 19.9 Å². The minimum Gasteiger partial charge on any atom is -0.397 e. The maximum Gasteiger partial charge on any atom is 0.264 e. The molecule has 0 aliphatic heterocycles. The second kappa shape index (κ2) is 4.98. The van der Waals surface area contributed by atoms with Gasteiger partial charge < -0.3 is 5.73 Å². The highest BCUT2D eigenvalue weighted by molar-refractivity contribution is 7.92. The Labute approximate surface area is 114 Å². The van der Waals surface area contributed by atoms with Crippen LogP contribution in [-0.4, -0.2) is 23.6 Å². The molecule has 0 amide bonds. The zero-order valence-corrected chi connectivity index (χ0v) is 11.4. The molecule has 9 heteroatoms. The van der Waals surface area contributed by atoms with E-state index < -0.39 is 10.0 Å². The Balaban J connectivity index is 2.43. The largest absolute Gasteiger partial charge is 0.397 e. The van der Waals surface area contributed by atoms with Gasteiger partial charge in [-0.2, -0.15) is 5.10 Å². The lowest BCUT2D eigenvalue weighted by molar-refractivity contribution is 0.600. The predicted molar refractivity (Wildman–Crippen MR) is 71.2 cm³/mol. The maximum absolute atomic E-state index is 12.2. The molecule has 0 spiro atoms. The van der Waals surface area contributed by atoms with Gasteiger partial charge in [-0.1, -0.05) is 11.6 Å². The van der Waals surface area contributed by atoms with Crippen LogP contribution in [0.3, 0.4) is 0 Å². The lowest BCUT2D eigenvalue weighted by Crippen LogP contribution is -2.16. The molecule has 0 aliphatic rings. The SMILES string of the molecule is Cc1cc(Cl)c(N)cc1S(=O)(=O)Nc1nccnn1. The molecule has 0 aliphatic carbocycles. The van der Waals surface area contributed by atoms with Crippen molar-refractivity contribution in [3.05, 3.63) is 35.1 Å². The van der Waals surface area contributed by atoms with Crippen LogP contribution in [0, 0.1) is 6.92 Å². The second-order valence-electron chi connectivity index (χ2n) is 3.71. The van der Waals surface area contributed by atoms with Crippen molar-refractivity contribution in [2.75, 3.05) is 10.5 Å². The number of nitrogens with one attached hydrogen (secondary N) is 1. The number of halogens is 1. The molecule has 2 rings (SSSR count). The van der Waals surface area contributed by atoms with Crippen LogP contribution >= 0.6 is 11.6 Å². The van der Waals surface area contributed by atoms with Gasteiger partial charge in [-0.25, -0.2) is 18.1 Å². The molecule has 1 heterocycles. The fourth-order valence-corrected chi connectivity index (χ4v) is 2.85. The molecule has 0 bridgehead atoms. The van der Waals surface area contributed by atoms with Gasteiger partial charge in [0.2, 0.25) is 0 Å². The third kappa shape index (κ3) is 2.91. The Bertz CT molecular complexity index is 705. The van der Waals surface area contributed by atoms with Gasteiger partial charge in [0.25, 0.3) is 16.0 Å². The second-order valence-corrected chi connectivity index (χ2v) is 5.77. The molecule has 7 nitrogen and oxygen atoms in total. The van der Waals surface area contributed by atoms with Gasteiger partial charge >= 0.3 is 0 Å². The van der Waals surface area contributed by atoms with Crippen LogP contribution in [-0.2, 0) is 10.0 Å². The summed E-state index contributed by atoms with van der Waals surface area (Å²) in [5.41, 5.74) is 6.26. The molecule has 19 heavy (non-hydrogen) atoms. The number of hydrogen-bond donors (Lipinski definition) is 2. The number of rotatable bonds is 3. The molecule has 0 saturated carbocycles. The average Bonchev–Trinajstić information content (AvgIpc) is 2.34. The van der Waals surface area contributed by atoms with Crippen LogP contribution in [0.4, 0.5) is 11.6 Å². The highest BCUT2D eigenvalue weighted by Gasteiger charge is 2.19. The van der Waals surface area contributed by atoms with Crippen molar-refractivity contribution < 1.29 is 8.42 Å². The number of nitrogens with two attached hydrogens (primary N) is 1. The topological polar surface area (TPSA) is 111 Å². The van der Waals surface area contributed by atoms with Crippen molar-refractivity contribution in [2.45, 2.75) is 11.8 Å². The summed E-state index contributed by atoms with van der Waals surface area (Å²) in [5.74, 6) is -0.115. The molecule has 0 atom stereocenters. The summed E-state index contributed by atoms with van der Waals surface area (Å²) < 4.78 is 26.5. The lowest BCUT2D eigenvalue weighted by Gasteiger charge is -2.10. The molecule has 1 aromatic carbocycles. The van der Waals surface area contributed by atoms with E-state index in [0.717, 1.165) is 0 Å².